The molecule has 6 heteroatoms. The molecular formula is C15H22F2N2O2. The van der Waals surface area contributed by atoms with Gasteiger partial charge in [-0.05, 0) is 30.5 Å². The maximum Gasteiger partial charge on any atom is 0.149 e. The number of ether oxygens (including phenoxy) is 1. The summed E-state index contributed by atoms with van der Waals surface area (Å²) in [7, 11) is 3.01. The second kappa shape index (κ2) is 7.15. The molecule has 1 aromatic carbocycles. The molecule has 2 N–H and O–H groups in total. The van der Waals surface area contributed by atoms with Gasteiger partial charge in [-0.1, -0.05) is 0 Å². The van der Waals surface area contributed by atoms with Gasteiger partial charge in [-0.15, -0.1) is 0 Å². The van der Waals surface area contributed by atoms with Crippen molar-refractivity contribution < 1.29 is 18.6 Å². The quantitative estimate of drug-likeness (QED) is 0.766. The Kier molecular flexibility index (Phi) is 5.50. The number of methoxy groups -OCH3 is 1. The number of aliphatic hydroxyl groups is 1. The lowest BCUT2D eigenvalue weighted by atomic mass is 10.1. The van der Waals surface area contributed by atoms with Crippen LogP contribution < -0.4 is 10.2 Å². The third-order valence-electron chi connectivity index (χ3n) is 3.47. The van der Waals surface area contributed by atoms with E-state index in [1.165, 1.54) is 24.1 Å². The van der Waals surface area contributed by atoms with Gasteiger partial charge >= 0.3 is 0 Å². The lowest BCUT2D eigenvalue weighted by Crippen LogP contribution is -2.33. The molecule has 0 bridgehead atoms. The molecule has 1 aliphatic rings. The largest absolute Gasteiger partial charge is 0.389 e. The monoisotopic (exact) mass is 300 g/mol. The fourth-order valence-electron chi connectivity index (χ4n) is 2.29. The van der Waals surface area contributed by atoms with E-state index in [2.05, 4.69) is 5.32 Å². The number of benzene rings is 1. The first-order valence-electron chi connectivity index (χ1n) is 7.10. The summed E-state index contributed by atoms with van der Waals surface area (Å²) in [5, 5.41) is 12.9. The topological polar surface area (TPSA) is 44.7 Å². The molecule has 1 saturated carbocycles. The Hall–Kier alpha value is -1.24. The highest BCUT2D eigenvalue weighted by Crippen LogP contribution is 2.25. The molecule has 0 saturated heterocycles. The molecule has 21 heavy (non-hydrogen) atoms. The van der Waals surface area contributed by atoms with Crippen LogP contribution in [0.2, 0.25) is 0 Å². The fraction of sp³-hybridized carbons (Fsp3) is 0.600. The van der Waals surface area contributed by atoms with Gasteiger partial charge < -0.3 is 20.1 Å². The number of likely N-dealkylation sites (N-methyl/N-ethyl adjacent to an activating group) is 1. The van der Waals surface area contributed by atoms with Crippen molar-refractivity contribution in [3.8, 4) is 0 Å². The van der Waals surface area contributed by atoms with E-state index in [1.54, 1.807) is 7.05 Å². The Bertz CT molecular complexity index is 458. The standard InChI is InChI=1S/C15H22F2N2O2/c1-19(8-12(20)9-21-2)15-13(16)5-10(6-14(15)17)7-18-11-3-4-11/h5-6,11-12,18,20H,3-4,7-9H2,1-2H3. The molecule has 1 aromatic rings. The molecule has 1 fully saturated rings. The molecular weight excluding hydrogens is 278 g/mol. The zero-order valence-corrected chi connectivity index (χ0v) is 12.4. The van der Waals surface area contributed by atoms with Crippen LogP contribution in [0.1, 0.15) is 18.4 Å². The molecule has 4 nitrogen and oxygen atoms in total. The maximum atomic E-state index is 14.1. The molecule has 2 rings (SSSR count). The van der Waals surface area contributed by atoms with Crippen LogP contribution in [0.5, 0.6) is 0 Å². The summed E-state index contributed by atoms with van der Waals surface area (Å²) >= 11 is 0. The van der Waals surface area contributed by atoms with E-state index >= 15 is 0 Å². The summed E-state index contributed by atoms with van der Waals surface area (Å²) in [5.41, 5.74) is 0.465. The first-order chi connectivity index (χ1) is 10.0. The lowest BCUT2D eigenvalue weighted by Gasteiger charge is -2.23. The molecule has 0 heterocycles. The Morgan fingerprint density at radius 2 is 2.00 bits per heavy atom. The van der Waals surface area contributed by atoms with Gasteiger partial charge in [0.2, 0.25) is 0 Å². The Morgan fingerprint density at radius 3 is 2.52 bits per heavy atom. The van der Waals surface area contributed by atoms with Crippen molar-refractivity contribution in [1.82, 2.24) is 5.32 Å². The van der Waals surface area contributed by atoms with E-state index in [-0.39, 0.29) is 18.8 Å². The van der Waals surface area contributed by atoms with Gasteiger partial charge in [0.15, 0.2) is 0 Å². The maximum absolute atomic E-state index is 14.1. The summed E-state index contributed by atoms with van der Waals surface area (Å²) in [6.45, 7) is 0.688. The summed E-state index contributed by atoms with van der Waals surface area (Å²) in [4.78, 5) is 1.37. The highest BCUT2D eigenvalue weighted by atomic mass is 19.1. The second-order valence-electron chi connectivity index (χ2n) is 5.55. The van der Waals surface area contributed by atoms with E-state index in [4.69, 9.17) is 4.74 Å². The molecule has 0 radical (unpaired) electrons. The number of nitrogens with zero attached hydrogens (tertiary/aromatic N) is 1. The number of anilines is 1. The number of nitrogens with one attached hydrogen (secondary N) is 1. The zero-order valence-electron chi connectivity index (χ0n) is 12.4. The van der Waals surface area contributed by atoms with Crippen molar-refractivity contribution in [1.29, 1.82) is 0 Å². The highest BCUT2D eigenvalue weighted by molar-refractivity contribution is 5.50. The lowest BCUT2D eigenvalue weighted by molar-refractivity contribution is 0.0693. The number of hydrogen-bond donors (Lipinski definition) is 2. The van der Waals surface area contributed by atoms with Gasteiger partial charge in [-0.3, -0.25) is 0 Å². The zero-order chi connectivity index (χ0) is 15.4. The summed E-state index contributed by atoms with van der Waals surface area (Å²) in [6.07, 6.45) is 1.46. The molecule has 118 valence electrons. The van der Waals surface area contributed by atoms with Gasteiger partial charge in [0.1, 0.15) is 17.3 Å². The number of rotatable bonds is 8. The van der Waals surface area contributed by atoms with Gasteiger partial charge in [0, 0.05) is 33.3 Å². The molecule has 1 unspecified atom stereocenters. The SMILES string of the molecule is COCC(O)CN(C)c1c(F)cc(CNC2CC2)cc1F. The van der Waals surface area contributed by atoms with Crippen LogP contribution in [0, 0.1) is 11.6 Å². The van der Waals surface area contributed by atoms with E-state index in [1.807, 2.05) is 0 Å². The smallest absolute Gasteiger partial charge is 0.149 e. The predicted octanol–water partition coefficient (Wildman–Crippen LogP) is 1.66. The molecule has 0 aromatic heterocycles. The van der Waals surface area contributed by atoms with Crippen molar-refractivity contribution in [2.45, 2.75) is 31.5 Å². The minimum Gasteiger partial charge on any atom is -0.389 e. The molecule has 1 aliphatic carbocycles. The number of hydrogen-bond acceptors (Lipinski definition) is 4. The summed E-state index contributed by atoms with van der Waals surface area (Å²) < 4.78 is 33.0. The molecule has 0 aliphatic heterocycles. The molecule has 1 atom stereocenters. The number of halogens is 2. The first-order valence-corrected chi connectivity index (χ1v) is 7.10. The Balaban J connectivity index is 2.04. The van der Waals surface area contributed by atoms with Gasteiger partial charge in [-0.25, -0.2) is 8.78 Å². The fourth-order valence-corrected chi connectivity index (χ4v) is 2.29. The normalized spacial score (nSPS) is 16.0. The van der Waals surface area contributed by atoms with Gasteiger partial charge in [-0.2, -0.15) is 0 Å². The second-order valence-corrected chi connectivity index (χ2v) is 5.55. The first kappa shape index (κ1) is 16.1. The minimum atomic E-state index is -0.796. The van der Waals surface area contributed by atoms with Crippen LogP contribution >= 0.6 is 0 Å². The van der Waals surface area contributed by atoms with E-state index in [0.717, 1.165) is 12.8 Å². The third-order valence-corrected chi connectivity index (χ3v) is 3.47. The van der Waals surface area contributed by atoms with Crippen LogP contribution in [0.15, 0.2) is 12.1 Å². The van der Waals surface area contributed by atoms with Crippen LogP contribution in [-0.4, -0.2) is 44.6 Å². The third kappa shape index (κ3) is 4.62. The average molecular weight is 300 g/mol. The van der Waals surface area contributed by atoms with Crippen molar-refractivity contribution >= 4 is 5.69 Å². The Labute approximate surface area is 123 Å². The van der Waals surface area contributed by atoms with E-state index in [0.29, 0.717) is 18.2 Å². The van der Waals surface area contributed by atoms with Crippen LogP contribution in [0.3, 0.4) is 0 Å². The van der Waals surface area contributed by atoms with Gasteiger partial charge in [0.05, 0.1) is 12.7 Å². The van der Waals surface area contributed by atoms with Crippen molar-refractivity contribution in [2.24, 2.45) is 0 Å². The average Bonchev–Trinajstić information content (AvgIpc) is 3.19. The van der Waals surface area contributed by atoms with Crippen molar-refractivity contribution in [2.75, 3.05) is 32.2 Å². The Morgan fingerprint density at radius 1 is 1.38 bits per heavy atom. The predicted molar refractivity (Wildman–Crippen MR) is 77.4 cm³/mol. The minimum absolute atomic E-state index is 0.0986. The summed E-state index contributed by atoms with van der Waals surface area (Å²) in [6, 6.07) is 3.17. The summed E-state index contributed by atoms with van der Waals surface area (Å²) in [5.74, 6) is -1.23. The highest BCUT2D eigenvalue weighted by Gasteiger charge is 2.21. The molecule has 0 amide bonds. The van der Waals surface area contributed by atoms with E-state index in [9.17, 15) is 13.9 Å². The van der Waals surface area contributed by atoms with Crippen LogP contribution in [0.25, 0.3) is 0 Å². The molecule has 0 spiro atoms. The van der Waals surface area contributed by atoms with Crippen molar-refractivity contribution in [3.63, 3.8) is 0 Å². The number of aliphatic hydroxyl groups excluding tert-OH is 1. The van der Waals surface area contributed by atoms with E-state index < -0.39 is 17.7 Å². The van der Waals surface area contributed by atoms with Crippen LogP contribution in [0.4, 0.5) is 14.5 Å². The van der Waals surface area contributed by atoms with Crippen molar-refractivity contribution in [3.05, 3.63) is 29.3 Å². The van der Waals surface area contributed by atoms with Crippen LogP contribution in [-0.2, 0) is 11.3 Å². The van der Waals surface area contributed by atoms with Gasteiger partial charge in [0.25, 0.3) is 0 Å².